The van der Waals surface area contributed by atoms with Crippen LogP contribution >= 0.6 is 0 Å². The molecule has 0 amide bonds. The molecule has 2 aromatic heterocycles. The van der Waals surface area contributed by atoms with E-state index in [1.807, 2.05) is 30.3 Å². The molecule has 1 aliphatic heterocycles. The molecule has 1 aromatic carbocycles. The third-order valence-corrected chi connectivity index (χ3v) is 4.09. The van der Waals surface area contributed by atoms with Crippen LogP contribution in [0.5, 0.6) is 5.75 Å². The van der Waals surface area contributed by atoms with Crippen LogP contribution < -0.4 is 5.73 Å². The van der Waals surface area contributed by atoms with Gasteiger partial charge in [0.25, 0.3) is 0 Å². The predicted molar refractivity (Wildman–Crippen MR) is 87.2 cm³/mol. The van der Waals surface area contributed by atoms with E-state index in [9.17, 15) is 5.11 Å². The largest absolute Gasteiger partial charge is 0.508 e. The second kappa shape index (κ2) is 4.91. The van der Waals surface area contributed by atoms with Crippen LogP contribution in [-0.2, 0) is 5.54 Å². The van der Waals surface area contributed by atoms with Crippen LogP contribution in [0, 0.1) is 0 Å². The van der Waals surface area contributed by atoms with Gasteiger partial charge in [0, 0.05) is 24.2 Å². The van der Waals surface area contributed by atoms with Gasteiger partial charge in [-0.3, -0.25) is 9.97 Å². The monoisotopic (exact) mass is 302 g/mol. The Morgan fingerprint density at radius 1 is 0.913 bits per heavy atom. The van der Waals surface area contributed by atoms with Crippen LogP contribution in [0.15, 0.2) is 72.1 Å². The number of nitrogens with zero attached hydrogens (tertiary/aromatic N) is 3. The maximum atomic E-state index is 9.94. The van der Waals surface area contributed by atoms with Gasteiger partial charge in [-0.05, 0) is 41.5 Å². The number of hydrogen-bond acceptors (Lipinski definition) is 5. The summed E-state index contributed by atoms with van der Waals surface area (Å²) in [7, 11) is 0. The molecule has 5 heteroatoms. The summed E-state index contributed by atoms with van der Waals surface area (Å²) in [4.78, 5) is 13.2. The fourth-order valence-electron chi connectivity index (χ4n) is 3.13. The number of aromatic nitrogens is 2. The molecule has 1 aliphatic rings. The molecule has 0 saturated heterocycles. The third kappa shape index (κ3) is 1.90. The molecule has 23 heavy (non-hydrogen) atoms. The fourth-order valence-corrected chi connectivity index (χ4v) is 3.13. The summed E-state index contributed by atoms with van der Waals surface area (Å²) < 4.78 is 0. The first kappa shape index (κ1) is 13.5. The number of benzene rings is 1. The normalized spacial score (nSPS) is 19.2. The van der Waals surface area contributed by atoms with Gasteiger partial charge in [-0.1, -0.05) is 18.2 Å². The lowest BCUT2D eigenvalue weighted by atomic mass is 9.79. The van der Waals surface area contributed by atoms with Crippen LogP contribution in [0.25, 0.3) is 0 Å². The van der Waals surface area contributed by atoms with E-state index in [2.05, 4.69) is 9.97 Å². The Labute approximate surface area is 133 Å². The molecule has 1 unspecified atom stereocenters. The average molecular weight is 302 g/mol. The minimum Gasteiger partial charge on any atom is -0.508 e. The average Bonchev–Trinajstić information content (AvgIpc) is 2.90. The molecule has 4 rings (SSSR count). The maximum absolute atomic E-state index is 9.94. The SMILES string of the molecule is NC1=NC(c2ccncc2)(c2cccc(O)c2)c2cccnc21. The Balaban J connectivity index is 2.09. The topological polar surface area (TPSA) is 84.4 Å². The Morgan fingerprint density at radius 3 is 2.52 bits per heavy atom. The second-order valence-corrected chi connectivity index (χ2v) is 5.39. The summed E-state index contributed by atoms with van der Waals surface area (Å²) in [5.74, 6) is 0.572. The molecule has 0 saturated carbocycles. The van der Waals surface area contributed by atoms with Gasteiger partial charge in [0.1, 0.15) is 22.8 Å². The molecule has 0 radical (unpaired) electrons. The smallest absolute Gasteiger partial charge is 0.146 e. The highest BCUT2D eigenvalue weighted by atomic mass is 16.3. The predicted octanol–water partition coefficient (Wildman–Crippen LogP) is 2.19. The Kier molecular flexibility index (Phi) is 2.87. The van der Waals surface area contributed by atoms with E-state index in [0.717, 1.165) is 16.7 Å². The first-order chi connectivity index (χ1) is 11.2. The molecular formula is C18H14N4O. The molecule has 3 heterocycles. The number of fused-ring (bicyclic) bond motifs is 1. The fraction of sp³-hybridized carbons (Fsp3) is 0.0556. The van der Waals surface area contributed by atoms with Crippen molar-refractivity contribution < 1.29 is 5.11 Å². The summed E-state index contributed by atoms with van der Waals surface area (Å²) in [6, 6.07) is 14.7. The van der Waals surface area contributed by atoms with Crippen LogP contribution in [0.4, 0.5) is 0 Å². The van der Waals surface area contributed by atoms with Gasteiger partial charge < -0.3 is 10.8 Å². The van der Waals surface area contributed by atoms with Crippen LogP contribution in [0.2, 0.25) is 0 Å². The minimum absolute atomic E-state index is 0.182. The molecule has 1 atom stereocenters. The van der Waals surface area contributed by atoms with Crippen molar-refractivity contribution in [2.75, 3.05) is 0 Å². The minimum atomic E-state index is -0.824. The first-order valence-electron chi connectivity index (χ1n) is 7.23. The lowest BCUT2D eigenvalue weighted by Gasteiger charge is -2.28. The zero-order valence-corrected chi connectivity index (χ0v) is 12.2. The molecule has 112 valence electrons. The van der Waals surface area contributed by atoms with E-state index in [1.165, 1.54) is 0 Å². The zero-order valence-electron chi connectivity index (χ0n) is 12.2. The van der Waals surface area contributed by atoms with Gasteiger partial charge in [0.2, 0.25) is 0 Å². The molecule has 5 nitrogen and oxygen atoms in total. The molecule has 3 aromatic rings. The van der Waals surface area contributed by atoms with Gasteiger partial charge in [-0.15, -0.1) is 0 Å². The summed E-state index contributed by atoms with van der Waals surface area (Å²) in [5.41, 5.74) is 8.65. The first-order valence-corrected chi connectivity index (χ1v) is 7.23. The van der Waals surface area contributed by atoms with Crippen molar-refractivity contribution in [3.05, 3.63) is 89.5 Å². The van der Waals surface area contributed by atoms with Gasteiger partial charge in [-0.2, -0.15) is 0 Å². The Morgan fingerprint density at radius 2 is 1.74 bits per heavy atom. The van der Waals surface area contributed by atoms with E-state index in [-0.39, 0.29) is 5.75 Å². The van der Waals surface area contributed by atoms with E-state index in [4.69, 9.17) is 10.7 Å². The Bertz CT molecular complexity index is 908. The van der Waals surface area contributed by atoms with Crippen molar-refractivity contribution in [1.82, 2.24) is 9.97 Å². The second-order valence-electron chi connectivity index (χ2n) is 5.39. The number of pyridine rings is 2. The molecule has 3 N–H and O–H groups in total. The van der Waals surface area contributed by atoms with Crippen molar-refractivity contribution in [3.63, 3.8) is 0 Å². The quantitative estimate of drug-likeness (QED) is 0.760. The van der Waals surface area contributed by atoms with E-state index < -0.39 is 5.54 Å². The number of hydrogen-bond donors (Lipinski definition) is 2. The molecule has 0 aliphatic carbocycles. The van der Waals surface area contributed by atoms with Crippen molar-refractivity contribution >= 4 is 5.84 Å². The van der Waals surface area contributed by atoms with Gasteiger partial charge >= 0.3 is 0 Å². The van der Waals surface area contributed by atoms with Crippen molar-refractivity contribution in [2.45, 2.75) is 5.54 Å². The highest BCUT2D eigenvalue weighted by molar-refractivity contribution is 6.01. The van der Waals surface area contributed by atoms with Crippen LogP contribution in [0.1, 0.15) is 22.4 Å². The van der Waals surface area contributed by atoms with Gasteiger partial charge in [0.05, 0.1) is 0 Å². The van der Waals surface area contributed by atoms with E-state index >= 15 is 0 Å². The zero-order chi connectivity index (χ0) is 15.9. The van der Waals surface area contributed by atoms with Crippen molar-refractivity contribution in [2.24, 2.45) is 10.7 Å². The number of rotatable bonds is 2. The number of phenolic OH excluding ortho intramolecular Hbond substituents is 1. The number of aromatic hydroxyl groups is 1. The summed E-state index contributed by atoms with van der Waals surface area (Å²) in [5, 5.41) is 9.94. The van der Waals surface area contributed by atoms with E-state index in [0.29, 0.717) is 11.5 Å². The van der Waals surface area contributed by atoms with Crippen LogP contribution in [0.3, 0.4) is 0 Å². The van der Waals surface area contributed by atoms with Gasteiger partial charge in [0.15, 0.2) is 0 Å². The summed E-state index contributed by atoms with van der Waals surface area (Å²) >= 11 is 0. The summed E-state index contributed by atoms with van der Waals surface area (Å²) in [6.07, 6.45) is 5.15. The number of phenols is 1. The lowest BCUT2D eigenvalue weighted by Crippen LogP contribution is -2.25. The van der Waals surface area contributed by atoms with Gasteiger partial charge in [-0.25, -0.2) is 4.99 Å². The van der Waals surface area contributed by atoms with E-state index in [1.54, 1.807) is 36.8 Å². The number of nitrogens with two attached hydrogens (primary N) is 1. The molecule has 0 spiro atoms. The van der Waals surface area contributed by atoms with Crippen molar-refractivity contribution in [1.29, 1.82) is 0 Å². The number of aliphatic imine (C=N–C) groups is 1. The number of amidine groups is 1. The standard InChI is InChI=1S/C18H14N4O/c19-17-16-15(5-2-8-21-16)18(22-17,12-6-9-20-10-7-12)13-3-1-4-14(23)11-13/h1-11,23H,(H2,19,22). The maximum Gasteiger partial charge on any atom is 0.146 e. The lowest BCUT2D eigenvalue weighted by molar-refractivity contribution is 0.473. The third-order valence-electron chi connectivity index (χ3n) is 4.09. The molecule has 0 fully saturated rings. The highest BCUT2D eigenvalue weighted by Gasteiger charge is 2.43. The highest BCUT2D eigenvalue weighted by Crippen LogP contribution is 2.45. The summed E-state index contributed by atoms with van der Waals surface area (Å²) in [6.45, 7) is 0. The molecular weight excluding hydrogens is 288 g/mol. The Hall–Kier alpha value is -3.21. The van der Waals surface area contributed by atoms with Crippen LogP contribution in [-0.4, -0.2) is 20.9 Å². The molecule has 0 bridgehead atoms. The van der Waals surface area contributed by atoms with Crippen molar-refractivity contribution in [3.8, 4) is 5.75 Å².